The molecule has 1 atom stereocenters. The molecule has 2 aromatic rings. The van der Waals surface area contributed by atoms with Gasteiger partial charge in [0.15, 0.2) is 0 Å². The van der Waals surface area contributed by atoms with Crippen molar-refractivity contribution in [3.05, 3.63) is 71.8 Å². The zero-order valence-electron chi connectivity index (χ0n) is 18.5. The summed E-state index contributed by atoms with van der Waals surface area (Å²) in [6.45, 7) is 13.4. The van der Waals surface area contributed by atoms with Gasteiger partial charge < -0.3 is 13.8 Å². The average Bonchev–Trinajstić information content (AvgIpc) is 2.73. The van der Waals surface area contributed by atoms with Crippen LogP contribution in [-0.4, -0.2) is 19.8 Å². The van der Waals surface area contributed by atoms with Crippen LogP contribution in [0.3, 0.4) is 0 Å². The molecule has 0 bridgehead atoms. The Morgan fingerprint density at radius 2 is 1.73 bits per heavy atom. The Labute approximate surface area is 181 Å². The minimum Gasteiger partial charge on any atom is -0.489 e. The molecule has 164 valence electrons. The number of hydrogen-bond acceptors (Lipinski definition) is 5. The fourth-order valence-electron chi connectivity index (χ4n) is 3.00. The molecular formula is C24H34NO4P. The van der Waals surface area contributed by atoms with E-state index in [2.05, 4.69) is 25.7 Å². The highest BCUT2D eigenvalue weighted by Crippen LogP contribution is 2.59. The molecule has 0 heterocycles. The lowest BCUT2D eigenvalue weighted by Gasteiger charge is -2.28. The Kier molecular flexibility index (Phi) is 9.80. The molecule has 2 aromatic carbocycles. The third kappa shape index (κ3) is 7.10. The molecule has 0 saturated heterocycles. The molecule has 0 saturated carbocycles. The molecule has 5 nitrogen and oxygen atoms in total. The maximum absolute atomic E-state index is 13.5. The highest BCUT2D eigenvalue weighted by atomic mass is 31.2. The third-order valence-electron chi connectivity index (χ3n) is 4.45. The first kappa shape index (κ1) is 24.4. The van der Waals surface area contributed by atoms with E-state index in [1.165, 1.54) is 0 Å². The molecule has 0 spiro atoms. The molecule has 2 rings (SSSR count). The van der Waals surface area contributed by atoms with Crippen LogP contribution in [0.15, 0.2) is 55.1 Å². The predicted octanol–water partition coefficient (Wildman–Crippen LogP) is 6.42. The normalized spacial score (nSPS) is 12.7. The highest BCUT2D eigenvalue weighted by Gasteiger charge is 2.36. The van der Waals surface area contributed by atoms with E-state index in [-0.39, 0.29) is 0 Å². The zero-order chi connectivity index (χ0) is 22.0. The van der Waals surface area contributed by atoms with Gasteiger partial charge in [0, 0.05) is 0 Å². The minimum atomic E-state index is -3.39. The van der Waals surface area contributed by atoms with Gasteiger partial charge >= 0.3 is 7.60 Å². The lowest BCUT2D eigenvalue weighted by Crippen LogP contribution is -2.27. The summed E-state index contributed by atoms with van der Waals surface area (Å²) in [5.74, 6) is 0.536. The molecule has 0 aliphatic carbocycles. The monoisotopic (exact) mass is 431 g/mol. The summed E-state index contributed by atoms with van der Waals surface area (Å²) >= 11 is 0. The van der Waals surface area contributed by atoms with Crippen molar-refractivity contribution in [3.63, 3.8) is 0 Å². The summed E-state index contributed by atoms with van der Waals surface area (Å²) in [7, 11) is -3.39. The molecule has 0 aromatic heterocycles. The van der Waals surface area contributed by atoms with Crippen LogP contribution in [0.2, 0.25) is 0 Å². The fourth-order valence-corrected chi connectivity index (χ4v) is 4.94. The van der Waals surface area contributed by atoms with Crippen molar-refractivity contribution in [1.82, 2.24) is 5.32 Å². The van der Waals surface area contributed by atoms with Gasteiger partial charge in [0.2, 0.25) is 0 Å². The second-order valence-corrected chi connectivity index (χ2v) is 9.50. The molecule has 1 N–H and O–H groups in total. The Morgan fingerprint density at radius 3 is 2.30 bits per heavy atom. The van der Waals surface area contributed by atoms with Crippen molar-refractivity contribution in [2.24, 2.45) is 5.92 Å². The number of benzene rings is 2. The second-order valence-electron chi connectivity index (χ2n) is 7.39. The molecule has 1 unspecified atom stereocenters. The number of hydrogen-bond donors (Lipinski definition) is 1. The Bertz CT molecular complexity index is 825. The average molecular weight is 432 g/mol. The van der Waals surface area contributed by atoms with Gasteiger partial charge in [-0.3, -0.25) is 9.88 Å². The van der Waals surface area contributed by atoms with Gasteiger partial charge in [-0.15, -0.1) is 0 Å². The summed E-state index contributed by atoms with van der Waals surface area (Å²) < 4.78 is 30.8. The number of ether oxygens (including phenoxy) is 1. The van der Waals surface area contributed by atoms with Crippen LogP contribution in [0.5, 0.6) is 5.75 Å². The van der Waals surface area contributed by atoms with E-state index in [9.17, 15) is 4.57 Å². The van der Waals surface area contributed by atoms with E-state index in [0.29, 0.717) is 38.0 Å². The van der Waals surface area contributed by atoms with Crippen molar-refractivity contribution in [3.8, 4) is 5.75 Å². The van der Waals surface area contributed by atoms with Gasteiger partial charge in [0.1, 0.15) is 18.1 Å². The number of nitrogens with one attached hydrogen (secondary N) is 1. The van der Waals surface area contributed by atoms with E-state index in [4.69, 9.17) is 13.8 Å². The maximum Gasteiger partial charge on any atom is 0.351 e. The van der Waals surface area contributed by atoms with Crippen LogP contribution in [0.1, 0.15) is 50.2 Å². The van der Waals surface area contributed by atoms with Gasteiger partial charge in [0.25, 0.3) is 0 Å². The summed E-state index contributed by atoms with van der Waals surface area (Å²) in [5, 5.41) is 3.38. The lowest BCUT2D eigenvalue weighted by molar-refractivity contribution is 0.206. The zero-order valence-corrected chi connectivity index (χ0v) is 19.4. The largest absolute Gasteiger partial charge is 0.489 e. The molecule has 0 radical (unpaired) electrons. The summed E-state index contributed by atoms with van der Waals surface area (Å²) in [6.07, 6.45) is 1.81. The van der Waals surface area contributed by atoms with Crippen LogP contribution in [0.4, 0.5) is 0 Å². The fraction of sp³-hybridized carbons (Fsp3) is 0.417. The minimum absolute atomic E-state index is 0.314. The van der Waals surface area contributed by atoms with Gasteiger partial charge in [0.05, 0.1) is 13.2 Å². The quantitative estimate of drug-likeness (QED) is 0.371. The lowest BCUT2D eigenvalue weighted by atomic mass is 10.1. The van der Waals surface area contributed by atoms with Gasteiger partial charge in [-0.25, -0.2) is 0 Å². The van der Waals surface area contributed by atoms with Crippen LogP contribution >= 0.6 is 7.60 Å². The smallest absolute Gasteiger partial charge is 0.351 e. The van der Waals surface area contributed by atoms with Crippen LogP contribution in [0, 0.1) is 5.92 Å². The molecule has 30 heavy (non-hydrogen) atoms. The topological polar surface area (TPSA) is 56.8 Å². The van der Waals surface area contributed by atoms with Crippen LogP contribution < -0.4 is 10.1 Å². The summed E-state index contributed by atoms with van der Waals surface area (Å²) in [5.41, 5.74) is 2.96. The van der Waals surface area contributed by atoms with Crippen molar-refractivity contribution in [2.45, 2.75) is 40.1 Å². The Hall–Kier alpha value is -1.91. The van der Waals surface area contributed by atoms with E-state index >= 15 is 0 Å². The second kappa shape index (κ2) is 12.1. The van der Waals surface area contributed by atoms with E-state index in [1.54, 1.807) is 0 Å². The van der Waals surface area contributed by atoms with E-state index in [0.717, 1.165) is 16.7 Å². The summed E-state index contributed by atoms with van der Waals surface area (Å²) in [6, 6.07) is 15.7. The Balaban J connectivity index is 2.23. The molecule has 0 aliphatic heterocycles. The van der Waals surface area contributed by atoms with E-state index < -0.39 is 13.4 Å². The van der Waals surface area contributed by atoms with Crippen molar-refractivity contribution in [1.29, 1.82) is 0 Å². The SMILES string of the molecule is C=Cc1ccc(COc2cccc(C(NCC(C)C)P(=O)(OCC)OCC)c2)cc1. The number of rotatable bonds is 13. The first-order valence-electron chi connectivity index (χ1n) is 10.5. The molecule has 0 fully saturated rings. The Morgan fingerprint density at radius 1 is 1.07 bits per heavy atom. The summed E-state index contributed by atoms with van der Waals surface area (Å²) in [4.78, 5) is 0. The highest BCUT2D eigenvalue weighted by molar-refractivity contribution is 7.54. The van der Waals surface area contributed by atoms with E-state index in [1.807, 2.05) is 68.5 Å². The first-order valence-corrected chi connectivity index (χ1v) is 12.1. The van der Waals surface area contributed by atoms with Gasteiger partial charge in [-0.05, 0) is 55.1 Å². The van der Waals surface area contributed by atoms with Crippen LogP contribution in [-0.2, 0) is 20.2 Å². The van der Waals surface area contributed by atoms with Gasteiger partial charge in [-0.1, -0.05) is 62.9 Å². The first-order chi connectivity index (χ1) is 14.4. The van der Waals surface area contributed by atoms with Crippen molar-refractivity contribution in [2.75, 3.05) is 19.8 Å². The van der Waals surface area contributed by atoms with Gasteiger partial charge in [-0.2, -0.15) is 0 Å². The van der Waals surface area contributed by atoms with Crippen molar-refractivity contribution >= 4 is 13.7 Å². The molecule has 6 heteroatoms. The maximum atomic E-state index is 13.5. The van der Waals surface area contributed by atoms with Crippen LogP contribution in [0.25, 0.3) is 6.08 Å². The predicted molar refractivity (Wildman–Crippen MR) is 124 cm³/mol. The third-order valence-corrected chi connectivity index (χ3v) is 6.80. The molecular weight excluding hydrogens is 397 g/mol. The molecule has 0 amide bonds. The van der Waals surface area contributed by atoms with Crippen molar-refractivity contribution < 1.29 is 18.3 Å². The molecule has 0 aliphatic rings. The standard InChI is InChI=1S/C24H34NO4P/c1-6-20-12-14-21(15-13-20)18-27-23-11-9-10-22(16-23)24(25-17-19(4)5)30(26,28-7-2)29-8-3/h6,9-16,19,24-25H,1,7-8,17-18H2,2-5H3.